The van der Waals surface area contributed by atoms with Crippen molar-refractivity contribution in [1.82, 2.24) is 19.8 Å². The number of fused-ring (bicyclic) bond motifs is 5. The molecule has 2 N–H and O–H groups in total. The zero-order chi connectivity index (χ0) is 43.9. The molecule has 5 heterocycles. The van der Waals surface area contributed by atoms with E-state index in [0.29, 0.717) is 71.2 Å². The van der Waals surface area contributed by atoms with E-state index in [2.05, 4.69) is 27.4 Å². The number of benzene rings is 3. The van der Waals surface area contributed by atoms with Crippen LogP contribution in [0.25, 0.3) is 0 Å². The second kappa shape index (κ2) is 15.5. The van der Waals surface area contributed by atoms with Gasteiger partial charge in [-0.3, -0.25) is 34.4 Å². The molecule has 3 aromatic carbocycles. The Balaban J connectivity index is 1.05. The summed E-state index contributed by atoms with van der Waals surface area (Å²) in [7, 11) is 0. The van der Waals surface area contributed by atoms with Crippen molar-refractivity contribution in [3.8, 4) is 11.5 Å². The lowest BCUT2D eigenvalue weighted by Crippen LogP contribution is -2.55. The van der Waals surface area contributed by atoms with Gasteiger partial charge in [-0.2, -0.15) is 18.2 Å². The number of piperidine rings is 1. The van der Waals surface area contributed by atoms with Crippen molar-refractivity contribution in [2.24, 2.45) is 29.6 Å². The number of rotatable bonds is 7. The number of aromatic nitrogens is 1. The first-order valence-electron chi connectivity index (χ1n) is 20.9. The monoisotopic (exact) mass is 897 g/mol. The Hall–Kier alpha value is -5.70. The van der Waals surface area contributed by atoms with E-state index in [-0.39, 0.29) is 48.7 Å². The first-order chi connectivity index (χ1) is 30.2. The molecular formula is C47H40Cl2F3N5O6. The van der Waals surface area contributed by atoms with Crippen LogP contribution in [0.5, 0.6) is 11.5 Å². The smallest absolute Gasteiger partial charge is 0.417 e. The Morgan fingerprint density at radius 3 is 2.37 bits per heavy atom. The zero-order valence-corrected chi connectivity index (χ0v) is 35.0. The van der Waals surface area contributed by atoms with E-state index >= 15 is 9.59 Å². The van der Waals surface area contributed by atoms with Crippen molar-refractivity contribution >= 4 is 52.6 Å². The van der Waals surface area contributed by atoms with E-state index in [4.69, 9.17) is 27.9 Å². The van der Waals surface area contributed by atoms with Crippen molar-refractivity contribution in [2.45, 2.75) is 56.3 Å². The molecule has 1 saturated carbocycles. The molecule has 16 heteroatoms. The number of pyridine rings is 1. The highest BCUT2D eigenvalue weighted by Crippen LogP contribution is 2.63. The predicted octanol–water partition coefficient (Wildman–Crippen LogP) is 8.11. The fourth-order valence-electron chi connectivity index (χ4n) is 11.2. The number of halogens is 5. The molecule has 4 aliphatic heterocycles. The molecule has 6 unspecified atom stereocenters. The number of allylic oxidation sites excluding steroid dienone is 3. The largest absolute Gasteiger partial charge is 0.508 e. The molecule has 3 saturated heterocycles. The van der Waals surface area contributed by atoms with Crippen LogP contribution in [0, 0.1) is 29.6 Å². The Kier molecular flexibility index (Phi) is 10.2. The van der Waals surface area contributed by atoms with Crippen LogP contribution in [0.3, 0.4) is 0 Å². The van der Waals surface area contributed by atoms with Gasteiger partial charge in [0.2, 0.25) is 11.8 Å². The fourth-order valence-corrected chi connectivity index (χ4v) is 11.5. The molecule has 0 spiro atoms. The van der Waals surface area contributed by atoms with Crippen LogP contribution in [0.15, 0.2) is 109 Å². The van der Waals surface area contributed by atoms with E-state index in [1.807, 2.05) is 24.3 Å². The third kappa shape index (κ3) is 6.80. The van der Waals surface area contributed by atoms with Gasteiger partial charge in [0, 0.05) is 54.8 Å². The van der Waals surface area contributed by atoms with Crippen molar-refractivity contribution < 1.29 is 42.2 Å². The number of aromatic hydroxyl groups is 1. The number of likely N-dealkylation sites (tertiary alicyclic amines) is 2. The van der Waals surface area contributed by atoms with Gasteiger partial charge in [0.15, 0.2) is 5.82 Å². The number of imide groups is 2. The number of hydrazine groups is 1. The maximum absolute atomic E-state index is 15.6. The molecule has 4 amide bonds. The maximum atomic E-state index is 15.6. The van der Waals surface area contributed by atoms with E-state index in [1.54, 1.807) is 42.7 Å². The highest BCUT2D eigenvalue weighted by molar-refractivity contribution is 6.33. The Bertz CT molecular complexity index is 2620. The van der Waals surface area contributed by atoms with Crippen LogP contribution in [-0.2, 0) is 43.7 Å². The number of nitrogens with zero attached hydrogens (tertiary/aromatic N) is 4. The topological polar surface area (TPSA) is 132 Å². The standard InChI is InChI=1S/C47H40Cl2F3N5O6/c48-30-8-6-28(7-9-30)46-36(43(60)57(45(46)62)54-41-37(49)20-29(22-53-41)47(50,51)52)21-35-33(40(46)27-18-26-19-32(58)10-13-38(26)63-24-27)11-12-34-39(35)44(61)56(42(34)59)31-14-16-55(17-15-31)23-25-4-2-1-3-5-25/h1-11,13,19-20,22,24,31,34-36,39-40,58H,12,14-18,21,23H2,(H,53,54). The minimum atomic E-state index is -4.75. The van der Waals surface area contributed by atoms with Crippen LogP contribution in [0.4, 0.5) is 19.0 Å². The molecule has 2 aliphatic carbocycles. The Labute approximate surface area is 370 Å². The lowest BCUT2D eigenvalue weighted by atomic mass is 9.48. The zero-order valence-electron chi connectivity index (χ0n) is 33.5. The van der Waals surface area contributed by atoms with Crippen molar-refractivity contribution in [3.63, 3.8) is 0 Å². The number of hydrogen-bond donors (Lipinski definition) is 2. The third-order valence-corrected chi connectivity index (χ3v) is 14.4. The summed E-state index contributed by atoms with van der Waals surface area (Å²) in [4.78, 5) is 67.7. The fraction of sp³-hybridized carbons (Fsp3) is 0.340. The number of ether oxygens (including phenoxy) is 1. The second-order valence-corrected chi connectivity index (χ2v) is 18.1. The summed E-state index contributed by atoms with van der Waals surface area (Å²) in [6.07, 6.45) is 0.944. The average Bonchev–Trinajstić information content (AvgIpc) is 3.65. The molecule has 0 radical (unpaired) electrons. The SMILES string of the molecule is O=C1C2CC3C(=CCC4C(=O)N(C5CCN(Cc6ccccc6)CC5)C(=O)C43)C(C3=COc4ccc(O)cc4C3)C2(c2ccc(Cl)cc2)C(=O)N1Nc1ncc(C(F)(F)F)cc1Cl. The molecule has 4 aromatic rings. The Morgan fingerprint density at radius 2 is 1.65 bits per heavy atom. The average molecular weight is 899 g/mol. The van der Waals surface area contributed by atoms with E-state index < -0.39 is 63.6 Å². The van der Waals surface area contributed by atoms with Gasteiger partial charge < -0.3 is 9.84 Å². The molecule has 63 heavy (non-hydrogen) atoms. The van der Waals surface area contributed by atoms with Crippen molar-refractivity contribution in [3.05, 3.63) is 141 Å². The normalized spacial score (nSPS) is 27.3. The molecule has 1 aromatic heterocycles. The van der Waals surface area contributed by atoms with Crippen LogP contribution >= 0.6 is 23.2 Å². The van der Waals surface area contributed by atoms with E-state index in [1.165, 1.54) is 16.5 Å². The summed E-state index contributed by atoms with van der Waals surface area (Å²) >= 11 is 12.7. The summed E-state index contributed by atoms with van der Waals surface area (Å²) < 4.78 is 47.0. The summed E-state index contributed by atoms with van der Waals surface area (Å²) in [6.45, 7) is 2.17. The number of alkyl halides is 3. The molecular weight excluding hydrogens is 858 g/mol. The number of carbonyl (C=O) groups is 4. The minimum Gasteiger partial charge on any atom is -0.508 e. The number of phenols is 1. The number of carbonyl (C=O) groups excluding carboxylic acids is 4. The predicted molar refractivity (Wildman–Crippen MR) is 225 cm³/mol. The first kappa shape index (κ1) is 41.3. The van der Waals surface area contributed by atoms with Crippen LogP contribution in [-0.4, -0.2) is 67.7 Å². The summed E-state index contributed by atoms with van der Waals surface area (Å²) in [5, 5.41) is 11.2. The molecule has 11 nitrogen and oxygen atoms in total. The molecule has 4 fully saturated rings. The van der Waals surface area contributed by atoms with E-state index in [0.717, 1.165) is 11.6 Å². The molecule has 0 bridgehead atoms. The first-order valence-corrected chi connectivity index (χ1v) is 21.6. The highest BCUT2D eigenvalue weighted by Gasteiger charge is 2.71. The summed E-state index contributed by atoms with van der Waals surface area (Å²) in [6, 6.07) is 21.7. The van der Waals surface area contributed by atoms with Gasteiger partial charge in [-0.15, -0.1) is 0 Å². The Morgan fingerprint density at radius 1 is 0.905 bits per heavy atom. The van der Waals surface area contributed by atoms with Gasteiger partial charge in [-0.05, 0) is 84.7 Å². The van der Waals surface area contributed by atoms with Gasteiger partial charge in [-0.25, -0.2) is 4.98 Å². The van der Waals surface area contributed by atoms with Crippen LogP contribution < -0.4 is 10.2 Å². The molecule has 6 aliphatic rings. The number of anilines is 1. The van der Waals surface area contributed by atoms with Gasteiger partial charge in [0.25, 0.3) is 11.8 Å². The molecule has 10 rings (SSSR count). The van der Waals surface area contributed by atoms with Gasteiger partial charge in [0.1, 0.15) is 11.5 Å². The van der Waals surface area contributed by atoms with Crippen LogP contribution in [0.1, 0.15) is 47.9 Å². The third-order valence-electron chi connectivity index (χ3n) is 13.9. The lowest BCUT2D eigenvalue weighted by Gasteiger charge is -2.51. The van der Waals surface area contributed by atoms with Crippen molar-refractivity contribution in [1.29, 1.82) is 0 Å². The number of amides is 4. The van der Waals surface area contributed by atoms with Crippen molar-refractivity contribution in [2.75, 3.05) is 18.5 Å². The van der Waals surface area contributed by atoms with E-state index in [9.17, 15) is 27.9 Å². The summed E-state index contributed by atoms with van der Waals surface area (Å²) in [5.74, 6) is -6.10. The van der Waals surface area contributed by atoms with Gasteiger partial charge in [0.05, 0.1) is 40.0 Å². The van der Waals surface area contributed by atoms with Gasteiger partial charge in [-0.1, -0.05) is 77.3 Å². The quantitative estimate of drug-likeness (QED) is 0.140. The number of hydrogen-bond acceptors (Lipinski definition) is 9. The van der Waals surface area contributed by atoms with Crippen LogP contribution in [0.2, 0.25) is 10.0 Å². The number of nitrogens with one attached hydrogen (secondary N) is 1. The second-order valence-electron chi connectivity index (χ2n) is 17.2. The highest BCUT2D eigenvalue weighted by atomic mass is 35.5. The van der Waals surface area contributed by atoms with Gasteiger partial charge >= 0.3 is 6.18 Å². The molecule has 324 valence electrons. The summed E-state index contributed by atoms with van der Waals surface area (Å²) in [5.41, 5.74) is 3.35. The lowest BCUT2D eigenvalue weighted by molar-refractivity contribution is -0.144. The molecule has 6 atom stereocenters. The minimum absolute atomic E-state index is 0.00303. The number of phenolic OH excluding ortho intramolecular Hbond substituents is 1. The maximum Gasteiger partial charge on any atom is 0.417 e.